The summed E-state index contributed by atoms with van der Waals surface area (Å²) in [5.41, 5.74) is 2.89. The molecule has 0 spiro atoms. The highest BCUT2D eigenvalue weighted by Gasteiger charge is 2.12. The second kappa shape index (κ2) is 6.48. The van der Waals surface area contributed by atoms with Gasteiger partial charge in [0.2, 0.25) is 0 Å². The summed E-state index contributed by atoms with van der Waals surface area (Å²) < 4.78 is 7.67. The van der Waals surface area contributed by atoms with Crippen molar-refractivity contribution in [3.63, 3.8) is 0 Å². The molecule has 0 fully saturated rings. The molecule has 2 aromatic rings. The Labute approximate surface area is 128 Å². The molecule has 0 unspecified atom stereocenters. The van der Waals surface area contributed by atoms with Crippen LogP contribution in [-0.2, 0) is 20.2 Å². The summed E-state index contributed by atoms with van der Waals surface area (Å²) in [5, 5.41) is 8.48. The Morgan fingerprint density at radius 2 is 2.05 bits per heavy atom. The van der Waals surface area contributed by atoms with Crippen LogP contribution in [0.5, 0.6) is 5.75 Å². The molecule has 1 heterocycles. The number of nitrogens with one attached hydrogen (secondary N) is 1. The number of nitrogens with zero attached hydrogens (tertiary/aromatic N) is 2. The first-order valence-corrected chi connectivity index (χ1v) is 7.01. The minimum atomic E-state index is 0.412. The van der Waals surface area contributed by atoms with E-state index in [1.807, 2.05) is 33.2 Å². The first-order valence-electron chi connectivity index (χ1n) is 6.26. The molecular weight excluding hydrogens is 297 g/mol. The largest absolute Gasteiger partial charge is 0.485 e. The summed E-state index contributed by atoms with van der Waals surface area (Å²) in [4.78, 5) is 0. The van der Waals surface area contributed by atoms with Gasteiger partial charge in [-0.15, -0.1) is 0 Å². The number of aromatic nitrogens is 2. The molecule has 1 aromatic carbocycles. The third-order valence-electron chi connectivity index (χ3n) is 2.92. The molecule has 1 aromatic heterocycles. The quantitative estimate of drug-likeness (QED) is 0.920. The molecule has 6 heteroatoms. The third kappa shape index (κ3) is 3.45. The summed E-state index contributed by atoms with van der Waals surface area (Å²) in [6.45, 7) is 3.00. The van der Waals surface area contributed by atoms with E-state index in [2.05, 4.69) is 10.4 Å². The molecular formula is C14H17Cl2N3O. The zero-order chi connectivity index (χ0) is 14.7. The Kier molecular flexibility index (Phi) is 4.91. The van der Waals surface area contributed by atoms with Crippen molar-refractivity contribution >= 4 is 23.2 Å². The van der Waals surface area contributed by atoms with Crippen molar-refractivity contribution in [3.8, 4) is 5.75 Å². The number of aryl methyl sites for hydroxylation is 2. The summed E-state index contributed by atoms with van der Waals surface area (Å²) in [6.07, 6.45) is 0. The molecule has 0 saturated carbocycles. The average Bonchev–Trinajstić information content (AvgIpc) is 2.67. The van der Waals surface area contributed by atoms with E-state index in [1.54, 1.807) is 10.7 Å². The number of halogens is 2. The zero-order valence-corrected chi connectivity index (χ0v) is 13.2. The van der Waals surface area contributed by atoms with E-state index in [-0.39, 0.29) is 0 Å². The van der Waals surface area contributed by atoms with Crippen molar-refractivity contribution in [2.45, 2.75) is 20.1 Å². The van der Waals surface area contributed by atoms with Crippen LogP contribution in [0.1, 0.15) is 17.0 Å². The van der Waals surface area contributed by atoms with E-state index in [9.17, 15) is 0 Å². The van der Waals surface area contributed by atoms with E-state index in [4.69, 9.17) is 27.9 Å². The first kappa shape index (κ1) is 15.2. The van der Waals surface area contributed by atoms with Crippen LogP contribution < -0.4 is 10.1 Å². The smallest absolute Gasteiger partial charge is 0.143 e. The van der Waals surface area contributed by atoms with Crippen molar-refractivity contribution in [2.75, 3.05) is 7.05 Å². The fourth-order valence-corrected chi connectivity index (χ4v) is 2.63. The van der Waals surface area contributed by atoms with Crippen LogP contribution in [0.2, 0.25) is 10.0 Å². The van der Waals surface area contributed by atoms with Gasteiger partial charge in [0.25, 0.3) is 0 Å². The number of benzene rings is 1. The van der Waals surface area contributed by atoms with E-state index >= 15 is 0 Å². The van der Waals surface area contributed by atoms with E-state index in [0.717, 1.165) is 17.0 Å². The van der Waals surface area contributed by atoms with Crippen molar-refractivity contribution in [3.05, 3.63) is 45.2 Å². The maximum atomic E-state index is 6.22. The second-order valence-corrected chi connectivity index (χ2v) is 5.44. The standard InChI is InChI=1S/C14H17Cl2N3O/c1-9-4-12(19(3)18-9)8-20-14-10(7-17-2)5-11(15)6-13(14)16/h4-6,17H,7-8H2,1-3H3. The predicted molar refractivity (Wildman–Crippen MR) is 81.5 cm³/mol. The lowest BCUT2D eigenvalue weighted by atomic mass is 10.2. The first-order chi connectivity index (χ1) is 9.51. The van der Waals surface area contributed by atoms with E-state index in [0.29, 0.717) is 28.9 Å². The fourth-order valence-electron chi connectivity index (χ4n) is 2.04. The Morgan fingerprint density at radius 1 is 1.30 bits per heavy atom. The topological polar surface area (TPSA) is 39.1 Å². The van der Waals surface area contributed by atoms with Gasteiger partial charge < -0.3 is 10.1 Å². The lowest BCUT2D eigenvalue weighted by Crippen LogP contribution is -2.09. The van der Waals surface area contributed by atoms with Crippen LogP contribution in [0.4, 0.5) is 0 Å². The van der Waals surface area contributed by atoms with Gasteiger partial charge in [0.1, 0.15) is 12.4 Å². The van der Waals surface area contributed by atoms with E-state index in [1.165, 1.54) is 0 Å². The molecule has 0 atom stereocenters. The minimum Gasteiger partial charge on any atom is -0.485 e. The molecule has 0 radical (unpaired) electrons. The zero-order valence-electron chi connectivity index (χ0n) is 11.7. The molecule has 0 aliphatic rings. The Morgan fingerprint density at radius 3 is 2.65 bits per heavy atom. The third-order valence-corrected chi connectivity index (χ3v) is 3.41. The summed E-state index contributed by atoms with van der Waals surface area (Å²) in [5.74, 6) is 0.657. The lowest BCUT2D eigenvalue weighted by Gasteiger charge is -2.13. The number of ether oxygens (including phenoxy) is 1. The highest BCUT2D eigenvalue weighted by molar-refractivity contribution is 6.35. The van der Waals surface area contributed by atoms with Gasteiger partial charge in [-0.1, -0.05) is 23.2 Å². The highest BCUT2D eigenvalue weighted by Crippen LogP contribution is 2.33. The molecule has 4 nitrogen and oxygen atoms in total. The highest BCUT2D eigenvalue weighted by atomic mass is 35.5. The molecule has 1 N–H and O–H groups in total. The minimum absolute atomic E-state index is 0.412. The molecule has 0 amide bonds. The number of hydrogen-bond acceptors (Lipinski definition) is 3. The van der Waals surface area contributed by atoms with Gasteiger partial charge in [0, 0.05) is 24.2 Å². The normalized spacial score (nSPS) is 10.8. The monoisotopic (exact) mass is 313 g/mol. The van der Waals surface area contributed by atoms with Gasteiger partial charge in [0.05, 0.1) is 16.4 Å². The SMILES string of the molecule is CNCc1cc(Cl)cc(Cl)c1OCc1cc(C)nn1C. The van der Waals surface area contributed by atoms with Gasteiger partial charge in [-0.3, -0.25) is 4.68 Å². The van der Waals surface area contributed by atoms with Gasteiger partial charge in [-0.25, -0.2) is 0 Å². The van der Waals surface area contributed by atoms with Crippen LogP contribution in [-0.4, -0.2) is 16.8 Å². The summed E-state index contributed by atoms with van der Waals surface area (Å²) >= 11 is 12.2. The molecule has 0 aliphatic carbocycles. The molecule has 0 bridgehead atoms. The maximum absolute atomic E-state index is 6.22. The number of rotatable bonds is 5. The van der Waals surface area contributed by atoms with Gasteiger partial charge in [0.15, 0.2) is 0 Å². The fraction of sp³-hybridized carbons (Fsp3) is 0.357. The van der Waals surface area contributed by atoms with Crippen LogP contribution in [0.25, 0.3) is 0 Å². The summed E-state index contributed by atoms with van der Waals surface area (Å²) in [6, 6.07) is 5.53. The molecule has 2 rings (SSSR count). The van der Waals surface area contributed by atoms with E-state index < -0.39 is 0 Å². The van der Waals surface area contributed by atoms with Crippen molar-refractivity contribution < 1.29 is 4.74 Å². The van der Waals surface area contributed by atoms with Gasteiger partial charge in [-0.2, -0.15) is 5.10 Å². The maximum Gasteiger partial charge on any atom is 0.143 e. The van der Waals surface area contributed by atoms with Crippen molar-refractivity contribution in [2.24, 2.45) is 7.05 Å². The van der Waals surface area contributed by atoms with Gasteiger partial charge >= 0.3 is 0 Å². The Hall–Kier alpha value is -1.23. The van der Waals surface area contributed by atoms with Crippen LogP contribution in [0.3, 0.4) is 0 Å². The van der Waals surface area contributed by atoms with Crippen LogP contribution >= 0.6 is 23.2 Å². The summed E-state index contributed by atoms with van der Waals surface area (Å²) in [7, 11) is 3.76. The predicted octanol–water partition coefficient (Wildman–Crippen LogP) is 3.33. The number of hydrogen-bond donors (Lipinski definition) is 1. The van der Waals surface area contributed by atoms with Crippen molar-refractivity contribution in [1.29, 1.82) is 0 Å². The lowest BCUT2D eigenvalue weighted by molar-refractivity contribution is 0.291. The van der Waals surface area contributed by atoms with Crippen molar-refractivity contribution in [1.82, 2.24) is 15.1 Å². The Balaban J connectivity index is 2.22. The second-order valence-electron chi connectivity index (χ2n) is 4.60. The van der Waals surface area contributed by atoms with Crippen LogP contribution in [0.15, 0.2) is 18.2 Å². The molecule has 108 valence electrons. The molecule has 20 heavy (non-hydrogen) atoms. The molecule has 0 aliphatic heterocycles. The molecule has 0 saturated heterocycles. The Bertz CT molecular complexity index is 611. The van der Waals surface area contributed by atoms with Crippen LogP contribution in [0, 0.1) is 6.92 Å². The van der Waals surface area contributed by atoms with Gasteiger partial charge in [-0.05, 0) is 32.2 Å². The average molecular weight is 314 g/mol.